The lowest BCUT2D eigenvalue weighted by Crippen LogP contribution is -2.27. The molecule has 1 unspecified atom stereocenters. The van der Waals surface area contributed by atoms with Crippen molar-refractivity contribution < 1.29 is 5.11 Å². The minimum Gasteiger partial charge on any atom is -0.394 e. The first-order valence-electron chi connectivity index (χ1n) is 6.07. The molecule has 1 N–H and O–H groups in total. The Kier molecular flexibility index (Phi) is 5.10. The largest absolute Gasteiger partial charge is 0.394 e. The predicted molar refractivity (Wildman–Crippen MR) is 82.3 cm³/mol. The fourth-order valence-electron chi connectivity index (χ4n) is 2.06. The van der Waals surface area contributed by atoms with Gasteiger partial charge in [0.15, 0.2) is 0 Å². The van der Waals surface area contributed by atoms with Crippen molar-refractivity contribution in [3.63, 3.8) is 0 Å². The number of aliphatic hydroxyl groups is 1. The summed E-state index contributed by atoms with van der Waals surface area (Å²) >= 11 is 5.12. The maximum Gasteiger partial charge on any atom is 0.0897 e. The van der Waals surface area contributed by atoms with E-state index in [0.717, 1.165) is 27.3 Å². The molecule has 2 rings (SSSR count). The molecule has 0 saturated carbocycles. The molecule has 0 spiro atoms. The van der Waals surface area contributed by atoms with Crippen LogP contribution in [0.3, 0.4) is 0 Å². The molecule has 1 atom stereocenters. The fraction of sp³-hybridized carbons (Fsp3) is 0.357. The Bertz CT molecular complexity index is 544. The van der Waals surface area contributed by atoms with Crippen LogP contribution in [-0.2, 0) is 6.54 Å². The summed E-state index contributed by atoms with van der Waals surface area (Å²) in [5, 5.41) is 12.8. The van der Waals surface area contributed by atoms with Crippen LogP contribution in [0.4, 0.5) is 0 Å². The predicted octanol–water partition coefficient (Wildman–Crippen LogP) is 3.38. The van der Waals surface area contributed by atoms with E-state index in [1.54, 1.807) is 11.3 Å². The smallest absolute Gasteiger partial charge is 0.0897 e. The first-order chi connectivity index (χ1) is 9.10. The third-order valence-corrected chi connectivity index (χ3v) is 4.33. The zero-order valence-corrected chi connectivity index (χ0v) is 13.4. The number of aliphatic hydroxyl groups excluding tert-OH is 1. The summed E-state index contributed by atoms with van der Waals surface area (Å²) in [4.78, 5) is 6.59. The zero-order valence-electron chi connectivity index (χ0n) is 11.0. The standard InChI is InChI=1S/C14H17BrN2OS/c1-10-16-13(9-19-10)7-17(2)14(8-18)11-4-3-5-12(15)6-11/h3-6,9,14,18H,7-8H2,1-2H3. The molecule has 102 valence electrons. The molecular weight excluding hydrogens is 324 g/mol. The lowest BCUT2D eigenvalue weighted by Gasteiger charge is -2.26. The molecule has 1 heterocycles. The summed E-state index contributed by atoms with van der Waals surface area (Å²) in [7, 11) is 2.01. The second-order valence-electron chi connectivity index (χ2n) is 4.53. The molecule has 0 saturated heterocycles. The highest BCUT2D eigenvalue weighted by Crippen LogP contribution is 2.24. The lowest BCUT2D eigenvalue weighted by molar-refractivity contribution is 0.141. The second kappa shape index (κ2) is 6.61. The van der Waals surface area contributed by atoms with Gasteiger partial charge in [0.05, 0.1) is 23.4 Å². The molecule has 0 aliphatic carbocycles. The number of likely N-dealkylation sites (N-methyl/N-ethyl adjacent to an activating group) is 1. The Morgan fingerprint density at radius 3 is 2.84 bits per heavy atom. The number of hydrogen-bond donors (Lipinski definition) is 1. The number of halogens is 1. The van der Waals surface area contributed by atoms with Gasteiger partial charge in [-0.05, 0) is 31.7 Å². The Balaban J connectivity index is 2.12. The monoisotopic (exact) mass is 340 g/mol. The Labute approximate surface area is 126 Å². The summed E-state index contributed by atoms with van der Waals surface area (Å²) in [5.41, 5.74) is 2.16. The van der Waals surface area contributed by atoms with Gasteiger partial charge in [-0.1, -0.05) is 28.1 Å². The van der Waals surface area contributed by atoms with Crippen molar-refractivity contribution in [3.8, 4) is 0 Å². The van der Waals surface area contributed by atoms with Crippen molar-refractivity contribution in [3.05, 3.63) is 50.4 Å². The van der Waals surface area contributed by atoms with Gasteiger partial charge >= 0.3 is 0 Å². The number of aryl methyl sites for hydroxylation is 1. The summed E-state index contributed by atoms with van der Waals surface area (Å²) < 4.78 is 1.03. The number of thiazole rings is 1. The minimum atomic E-state index is -0.0143. The van der Waals surface area contributed by atoms with Crippen LogP contribution in [0.25, 0.3) is 0 Å². The summed E-state index contributed by atoms with van der Waals surface area (Å²) in [5.74, 6) is 0. The van der Waals surface area contributed by atoms with Gasteiger partial charge in [-0.25, -0.2) is 4.98 Å². The highest BCUT2D eigenvalue weighted by Gasteiger charge is 2.17. The van der Waals surface area contributed by atoms with Crippen LogP contribution in [0.2, 0.25) is 0 Å². The van der Waals surface area contributed by atoms with Gasteiger partial charge in [-0.2, -0.15) is 0 Å². The van der Waals surface area contributed by atoms with Crippen molar-refractivity contribution in [2.75, 3.05) is 13.7 Å². The Morgan fingerprint density at radius 2 is 2.26 bits per heavy atom. The van der Waals surface area contributed by atoms with E-state index in [4.69, 9.17) is 0 Å². The molecule has 5 heteroatoms. The maximum atomic E-state index is 9.65. The van der Waals surface area contributed by atoms with Gasteiger partial charge in [0, 0.05) is 16.4 Å². The summed E-state index contributed by atoms with van der Waals surface area (Å²) in [6.45, 7) is 2.84. The van der Waals surface area contributed by atoms with Gasteiger partial charge in [-0.3, -0.25) is 4.90 Å². The van der Waals surface area contributed by atoms with Crippen LogP contribution in [-0.4, -0.2) is 28.6 Å². The van der Waals surface area contributed by atoms with Crippen LogP contribution < -0.4 is 0 Å². The van der Waals surface area contributed by atoms with Crippen molar-refractivity contribution >= 4 is 27.3 Å². The molecular formula is C14H17BrN2OS. The van der Waals surface area contributed by atoms with E-state index < -0.39 is 0 Å². The molecule has 2 aromatic rings. The number of benzene rings is 1. The minimum absolute atomic E-state index is 0.0143. The molecule has 0 aliphatic heterocycles. The Morgan fingerprint density at radius 1 is 1.47 bits per heavy atom. The third kappa shape index (κ3) is 3.86. The summed E-state index contributed by atoms with van der Waals surface area (Å²) in [6, 6.07) is 8.04. The molecule has 3 nitrogen and oxygen atoms in total. The quantitative estimate of drug-likeness (QED) is 0.906. The van der Waals surface area contributed by atoms with Gasteiger partial charge in [0.25, 0.3) is 0 Å². The molecule has 0 aliphatic rings. The van der Waals surface area contributed by atoms with Crippen molar-refractivity contribution in [2.45, 2.75) is 19.5 Å². The second-order valence-corrected chi connectivity index (χ2v) is 6.50. The first-order valence-corrected chi connectivity index (χ1v) is 7.75. The van der Waals surface area contributed by atoms with E-state index in [2.05, 4.69) is 31.2 Å². The Hall–Kier alpha value is -0.750. The SMILES string of the molecule is Cc1nc(CN(C)C(CO)c2cccc(Br)c2)cs1. The molecule has 0 radical (unpaired) electrons. The van der Waals surface area contributed by atoms with Gasteiger partial charge in [0.1, 0.15) is 0 Å². The summed E-state index contributed by atoms with van der Waals surface area (Å²) in [6.07, 6.45) is 0. The molecule has 1 aromatic carbocycles. The van der Waals surface area contributed by atoms with Crippen molar-refractivity contribution in [1.29, 1.82) is 0 Å². The zero-order chi connectivity index (χ0) is 13.8. The van der Waals surface area contributed by atoms with Crippen LogP contribution in [0.1, 0.15) is 22.3 Å². The van der Waals surface area contributed by atoms with E-state index >= 15 is 0 Å². The first kappa shape index (κ1) is 14.7. The van der Waals surface area contributed by atoms with Crippen molar-refractivity contribution in [2.24, 2.45) is 0 Å². The highest BCUT2D eigenvalue weighted by atomic mass is 79.9. The number of nitrogens with zero attached hydrogens (tertiary/aromatic N) is 2. The average Bonchev–Trinajstić information content (AvgIpc) is 2.75. The maximum absolute atomic E-state index is 9.65. The van der Waals surface area contributed by atoms with E-state index in [9.17, 15) is 5.11 Å². The topological polar surface area (TPSA) is 36.4 Å². The van der Waals surface area contributed by atoms with Crippen molar-refractivity contribution in [1.82, 2.24) is 9.88 Å². The van der Waals surface area contributed by atoms with E-state index in [-0.39, 0.29) is 12.6 Å². The van der Waals surface area contributed by atoms with Gasteiger partial charge < -0.3 is 5.11 Å². The molecule has 19 heavy (non-hydrogen) atoms. The molecule has 0 amide bonds. The van der Waals surface area contributed by atoms with Crippen LogP contribution in [0.15, 0.2) is 34.1 Å². The number of aromatic nitrogens is 1. The molecule has 0 fully saturated rings. The van der Waals surface area contributed by atoms with Crippen LogP contribution >= 0.6 is 27.3 Å². The van der Waals surface area contributed by atoms with Gasteiger partial charge in [-0.15, -0.1) is 11.3 Å². The normalized spacial score (nSPS) is 12.9. The number of rotatable bonds is 5. The lowest BCUT2D eigenvalue weighted by atomic mass is 10.1. The third-order valence-electron chi connectivity index (χ3n) is 3.02. The fourth-order valence-corrected chi connectivity index (χ4v) is 3.08. The molecule has 1 aromatic heterocycles. The van der Waals surface area contributed by atoms with Gasteiger partial charge in [0.2, 0.25) is 0 Å². The van der Waals surface area contributed by atoms with E-state index in [1.165, 1.54) is 0 Å². The number of hydrogen-bond acceptors (Lipinski definition) is 4. The van der Waals surface area contributed by atoms with E-state index in [1.807, 2.05) is 38.2 Å². The van der Waals surface area contributed by atoms with Crippen LogP contribution in [0, 0.1) is 6.92 Å². The van der Waals surface area contributed by atoms with Crippen LogP contribution in [0.5, 0.6) is 0 Å². The molecule has 0 bridgehead atoms. The average molecular weight is 341 g/mol. The van der Waals surface area contributed by atoms with E-state index in [0.29, 0.717) is 0 Å². The highest BCUT2D eigenvalue weighted by molar-refractivity contribution is 9.10.